The number of benzene rings is 1. The van der Waals surface area contributed by atoms with E-state index in [2.05, 4.69) is 9.71 Å². The van der Waals surface area contributed by atoms with Gasteiger partial charge in [0.05, 0.1) is 6.61 Å². The molecule has 0 spiro atoms. The molecular formula is C18H24FN5O4S. The number of amides is 1. The van der Waals surface area contributed by atoms with Crippen molar-refractivity contribution >= 4 is 16.3 Å². The molecule has 2 heterocycles. The van der Waals surface area contributed by atoms with Crippen molar-refractivity contribution in [3.8, 4) is 0 Å². The Labute approximate surface area is 169 Å². The van der Waals surface area contributed by atoms with E-state index in [1.165, 1.54) is 33.6 Å². The first-order chi connectivity index (χ1) is 13.8. The highest BCUT2D eigenvalue weighted by Crippen LogP contribution is 2.24. The minimum absolute atomic E-state index is 0.110. The van der Waals surface area contributed by atoms with Crippen molar-refractivity contribution in [2.24, 2.45) is 7.05 Å². The topological polar surface area (TPSA) is 96.8 Å². The number of nitrogens with one attached hydrogen (secondary N) is 1. The third-order valence-corrected chi connectivity index (χ3v) is 6.28. The highest BCUT2D eigenvalue weighted by molar-refractivity contribution is 7.87. The summed E-state index contributed by atoms with van der Waals surface area (Å²) in [6, 6.07) is 4.98. The van der Waals surface area contributed by atoms with Crippen molar-refractivity contribution in [3.63, 3.8) is 0 Å². The third-order valence-electron chi connectivity index (χ3n) is 4.70. The molecule has 9 nitrogen and oxygen atoms in total. The summed E-state index contributed by atoms with van der Waals surface area (Å²) in [7, 11) is -2.26. The van der Waals surface area contributed by atoms with E-state index in [9.17, 15) is 17.6 Å². The number of piperazine rings is 1. The normalized spacial score (nSPS) is 16.6. The number of carbonyl (C=O) groups excluding carboxylic acids is 1. The molecule has 1 N–H and O–H groups in total. The Hall–Kier alpha value is -2.50. The molecule has 0 bridgehead atoms. The molecule has 29 heavy (non-hydrogen) atoms. The van der Waals surface area contributed by atoms with Crippen LogP contribution in [0.3, 0.4) is 0 Å². The molecule has 1 amide bonds. The quantitative estimate of drug-likeness (QED) is 0.752. The van der Waals surface area contributed by atoms with Gasteiger partial charge in [0.15, 0.2) is 0 Å². The van der Waals surface area contributed by atoms with E-state index < -0.39 is 28.2 Å². The van der Waals surface area contributed by atoms with E-state index >= 15 is 0 Å². The SMILES string of the molecule is CCOC(=O)N1CCN(S(=O)(=O)NC(c2ccccc2F)c2nccn2C)CC1. The summed E-state index contributed by atoms with van der Waals surface area (Å²) in [5, 5.41) is 0. The number of imidazole rings is 1. The standard InChI is InChI=1S/C18H24FN5O4S/c1-3-28-18(25)23-10-12-24(13-11-23)29(26,27)21-16(17-20-8-9-22(17)2)14-6-4-5-7-15(14)19/h4-9,16,21H,3,10-13H2,1-2H3. The zero-order valence-electron chi connectivity index (χ0n) is 16.3. The molecule has 1 atom stereocenters. The Morgan fingerprint density at radius 2 is 1.97 bits per heavy atom. The van der Waals surface area contributed by atoms with Gasteiger partial charge in [0.25, 0.3) is 10.2 Å². The van der Waals surface area contributed by atoms with Gasteiger partial charge in [-0.1, -0.05) is 18.2 Å². The van der Waals surface area contributed by atoms with Crippen molar-refractivity contribution in [1.82, 2.24) is 23.5 Å². The third kappa shape index (κ3) is 4.74. The molecule has 1 aromatic carbocycles. The Kier molecular flexibility index (Phi) is 6.50. The Morgan fingerprint density at radius 1 is 1.28 bits per heavy atom. The molecular weight excluding hydrogens is 401 g/mol. The summed E-state index contributed by atoms with van der Waals surface area (Å²) in [6.45, 7) is 2.62. The molecule has 1 aliphatic rings. The Balaban J connectivity index is 1.80. The maximum Gasteiger partial charge on any atom is 0.409 e. The monoisotopic (exact) mass is 425 g/mol. The molecule has 0 saturated carbocycles. The number of nitrogens with zero attached hydrogens (tertiary/aromatic N) is 4. The van der Waals surface area contributed by atoms with Crippen LogP contribution in [-0.4, -0.2) is 66.1 Å². The summed E-state index contributed by atoms with van der Waals surface area (Å²) in [5.41, 5.74) is 0.176. The maximum absolute atomic E-state index is 14.4. The first-order valence-corrected chi connectivity index (χ1v) is 10.7. The van der Waals surface area contributed by atoms with Crippen LogP contribution in [0.15, 0.2) is 36.7 Å². The minimum Gasteiger partial charge on any atom is -0.450 e. The predicted molar refractivity (Wildman–Crippen MR) is 104 cm³/mol. The second-order valence-electron chi connectivity index (χ2n) is 6.56. The molecule has 0 aliphatic carbocycles. The number of halogens is 1. The van der Waals surface area contributed by atoms with Crippen molar-refractivity contribution < 1.29 is 22.3 Å². The number of aryl methyl sites for hydroxylation is 1. The largest absolute Gasteiger partial charge is 0.450 e. The number of aromatic nitrogens is 2. The summed E-state index contributed by atoms with van der Waals surface area (Å²) in [4.78, 5) is 17.5. The minimum atomic E-state index is -3.97. The van der Waals surface area contributed by atoms with Crippen LogP contribution < -0.4 is 4.72 Å². The van der Waals surface area contributed by atoms with Gasteiger partial charge in [-0.15, -0.1) is 0 Å². The fourth-order valence-electron chi connectivity index (χ4n) is 3.17. The van der Waals surface area contributed by atoms with Gasteiger partial charge in [0.2, 0.25) is 0 Å². The first-order valence-electron chi connectivity index (χ1n) is 9.24. The van der Waals surface area contributed by atoms with Crippen LogP contribution in [-0.2, 0) is 22.0 Å². The summed E-state index contributed by atoms with van der Waals surface area (Å²) < 4.78 is 50.9. The number of ether oxygens (including phenoxy) is 1. The van der Waals surface area contributed by atoms with Crippen LogP contribution in [0.5, 0.6) is 0 Å². The van der Waals surface area contributed by atoms with Gasteiger partial charge < -0.3 is 14.2 Å². The van der Waals surface area contributed by atoms with E-state index in [0.717, 1.165) is 0 Å². The van der Waals surface area contributed by atoms with E-state index in [4.69, 9.17) is 4.74 Å². The average Bonchev–Trinajstić information content (AvgIpc) is 3.13. The van der Waals surface area contributed by atoms with Gasteiger partial charge in [0.1, 0.15) is 17.7 Å². The highest BCUT2D eigenvalue weighted by atomic mass is 32.2. The first kappa shape index (κ1) is 21.2. The van der Waals surface area contributed by atoms with Gasteiger partial charge >= 0.3 is 6.09 Å². The molecule has 3 rings (SSSR count). The van der Waals surface area contributed by atoms with E-state index in [0.29, 0.717) is 5.82 Å². The van der Waals surface area contributed by atoms with Crippen molar-refractivity contribution in [3.05, 3.63) is 53.9 Å². The molecule has 1 fully saturated rings. The summed E-state index contributed by atoms with van der Waals surface area (Å²) in [5.74, 6) is -0.167. The van der Waals surface area contributed by atoms with Crippen LogP contribution in [0.25, 0.3) is 0 Å². The van der Waals surface area contributed by atoms with Gasteiger partial charge in [-0.2, -0.15) is 17.4 Å². The highest BCUT2D eigenvalue weighted by Gasteiger charge is 2.33. The summed E-state index contributed by atoms with van der Waals surface area (Å²) in [6.07, 6.45) is 2.72. The Morgan fingerprint density at radius 3 is 2.55 bits per heavy atom. The van der Waals surface area contributed by atoms with Crippen LogP contribution in [0.1, 0.15) is 24.4 Å². The molecule has 1 saturated heterocycles. The molecule has 1 aromatic heterocycles. The lowest BCUT2D eigenvalue weighted by molar-refractivity contribution is 0.0932. The molecule has 1 aliphatic heterocycles. The second kappa shape index (κ2) is 8.89. The van der Waals surface area contributed by atoms with Gasteiger partial charge in [-0.05, 0) is 13.0 Å². The second-order valence-corrected chi connectivity index (χ2v) is 8.26. The number of rotatable bonds is 6. The molecule has 1 unspecified atom stereocenters. The Bertz CT molecular complexity index is 957. The van der Waals surface area contributed by atoms with Gasteiger partial charge in [-0.25, -0.2) is 14.2 Å². The van der Waals surface area contributed by atoms with Crippen molar-refractivity contribution in [2.45, 2.75) is 13.0 Å². The van der Waals surface area contributed by atoms with Crippen LogP contribution in [0.4, 0.5) is 9.18 Å². The lowest BCUT2D eigenvalue weighted by Gasteiger charge is -2.34. The number of hydrogen-bond donors (Lipinski definition) is 1. The van der Waals surface area contributed by atoms with E-state index in [1.807, 2.05) is 0 Å². The molecule has 11 heteroatoms. The van der Waals surface area contributed by atoms with Crippen LogP contribution in [0.2, 0.25) is 0 Å². The van der Waals surface area contributed by atoms with Crippen molar-refractivity contribution in [2.75, 3.05) is 32.8 Å². The number of hydrogen-bond acceptors (Lipinski definition) is 5. The fraction of sp³-hybridized carbons (Fsp3) is 0.444. The molecule has 2 aromatic rings. The predicted octanol–water partition coefficient (Wildman–Crippen LogP) is 1.26. The van der Waals surface area contributed by atoms with E-state index in [-0.39, 0.29) is 38.3 Å². The zero-order valence-corrected chi connectivity index (χ0v) is 17.1. The lowest BCUT2D eigenvalue weighted by Crippen LogP contribution is -2.54. The van der Waals surface area contributed by atoms with Crippen molar-refractivity contribution in [1.29, 1.82) is 0 Å². The molecule has 158 valence electrons. The number of carbonyl (C=O) groups is 1. The fourth-order valence-corrected chi connectivity index (χ4v) is 4.49. The molecule has 0 radical (unpaired) electrons. The van der Waals surface area contributed by atoms with E-state index in [1.54, 1.807) is 30.8 Å². The zero-order chi connectivity index (χ0) is 21.0. The summed E-state index contributed by atoms with van der Waals surface area (Å²) >= 11 is 0. The average molecular weight is 425 g/mol. The van der Waals surface area contributed by atoms with Crippen LogP contribution in [0, 0.1) is 5.82 Å². The smallest absolute Gasteiger partial charge is 0.409 e. The van der Waals surface area contributed by atoms with Crippen LogP contribution >= 0.6 is 0 Å². The lowest BCUT2D eigenvalue weighted by atomic mass is 10.1. The van der Waals surface area contributed by atoms with Gasteiger partial charge in [0, 0.05) is 51.2 Å². The van der Waals surface area contributed by atoms with Gasteiger partial charge in [-0.3, -0.25) is 0 Å². The maximum atomic E-state index is 14.4.